The molecule has 2 aromatic rings. The van der Waals surface area contributed by atoms with Crippen molar-refractivity contribution >= 4 is 27.5 Å². The zero-order chi connectivity index (χ0) is 22.8. The first-order valence-corrected chi connectivity index (χ1v) is 13.8. The summed E-state index contributed by atoms with van der Waals surface area (Å²) in [5, 5.41) is 0. The Bertz CT molecular complexity index is 1100. The molecule has 5 rings (SSSR count). The maximum Gasteiger partial charge on any atom is 0.282 e. The summed E-state index contributed by atoms with van der Waals surface area (Å²) in [6.07, 6.45) is 4.01. The number of carbonyl (C=O) groups excluding carboxylic acids is 1. The maximum absolute atomic E-state index is 13.1. The fourth-order valence-electron chi connectivity index (χ4n) is 4.52. The lowest BCUT2D eigenvalue weighted by Crippen LogP contribution is -2.54. The van der Waals surface area contributed by atoms with Gasteiger partial charge in [-0.15, -0.1) is 11.3 Å². The van der Waals surface area contributed by atoms with E-state index in [0.717, 1.165) is 47.6 Å². The Balaban J connectivity index is 1.22. The molecule has 2 saturated heterocycles. The van der Waals surface area contributed by atoms with Crippen molar-refractivity contribution < 1.29 is 22.7 Å². The highest BCUT2D eigenvalue weighted by Gasteiger charge is 2.34. The fraction of sp³-hybridized carbons (Fsp3) is 0.522. The second-order valence-corrected chi connectivity index (χ2v) is 11.5. The largest absolute Gasteiger partial charge is 0.486 e. The molecule has 10 heteroatoms. The molecule has 3 aliphatic heterocycles. The Kier molecular flexibility index (Phi) is 6.60. The molecule has 0 unspecified atom stereocenters. The number of carbonyl (C=O) groups is 1. The summed E-state index contributed by atoms with van der Waals surface area (Å²) >= 11 is 1.44. The standard InChI is InChI=1S/C23H29N3O5S2/c27-23(22-8-7-21(32-22)18-5-6-19-20(17-18)31-16-15-30-19)24-11-13-26(14-12-24)33(28,29)25-9-3-1-2-4-10-25/h5-8,17H,1-4,9-16H2. The zero-order valence-corrected chi connectivity index (χ0v) is 20.2. The molecule has 178 valence electrons. The summed E-state index contributed by atoms with van der Waals surface area (Å²) in [5.74, 6) is 1.42. The van der Waals surface area contributed by atoms with Crippen LogP contribution in [0.1, 0.15) is 35.4 Å². The molecule has 0 bridgehead atoms. The lowest BCUT2D eigenvalue weighted by Gasteiger charge is -2.36. The van der Waals surface area contributed by atoms with Crippen LogP contribution in [0.15, 0.2) is 30.3 Å². The van der Waals surface area contributed by atoms with Crippen molar-refractivity contribution in [2.75, 3.05) is 52.5 Å². The van der Waals surface area contributed by atoms with E-state index in [4.69, 9.17) is 9.47 Å². The number of hydrogen-bond acceptors (Lipinski definition) is 6. The van der Waals surface area contributed by atoms with E-state index in [9.17, 15) is 13.2 Å². The van der Waals surface area contributed by atoms with Gasteiger partial charge in [0.25, 0.3) is 16.1 Å². The van der Waals surface area contributed by atoms with Crippen LogP contribution in [0.4, 0.5) is 0 Å². The third kappa shape index (κ3) is 4.75. The van der Waals surface area contributed by atoms with Gasteiger partial charge in [0.1, 0.15) is 13.2 Å². The lowest BCUT2D eigenvalue weighted by molar-refractivity contribution is 0.0699. The molecule has 0 saturated carbocycles. The van der Waals surface area contributed by atoms with Crippen LogP contribution >= 0.6 is 11.3 Å². The molecule has 0 atom stereocenters. The maximum atomic E-state index is 13.1. The Labute approximate surface area is 198 Å². The summed E-state index contributed by atoms with van der Waals surface area (Å²) in [5.41, 5.74) is 0.983. The van der Waals surface area contributed by atoms with Gasteiger partial charge in [0.15, 0.2) is 11.5 Å². The molecular formula is C23H29N3O5S2. The summed E-state index contributed by atoms with van der Waals surface area (Å²) < 4.78 is 40.5. The highest BCUT2D eigenvalue weighted by Crippen LogP contribution is 2.37. The Morgan fingerprint density at radius 1 is 0.788 bits per heavy atom. The Morgan fingerprint density at radius 3 is 2.18 bits per heavy atom. The van der Waals surface area contributed by atoms with Gasteiger partial charge < -0.3 is 14.4 Å². The van der Waals surface area contributed by atoms with E-state index < -0.39 is 10.2 Å². The van der Waals surface area contributed by atoms with Crippen molar-refractivity contribution in [1.82, 2.24) is 13.5 Å². The van der Waals surface area contributed by atoms with E-state index in [1.54, 1.807) is 9.21 Å². The van der Waals surface area contributed by atoms with Crippen LogP contribution in [-0.2, 0) is 10.2 Å². The third-order valence-corrected chi connectivity index (χ3v) is 9.54. The summed E-state index contributed by atoms with van der Waals surface area (Å²) in [7, 11) is -3.45. The first kappa shape index (κ1) is 22.6. The minimum Gasteiger partial charge on any atom is -0.486 e. The normalized spacial score (nSPS) is 20.4. The number of thiophene rings is 1. The monoisotopic (exact) mass is 491 g/mol. The van der Waals surface area contributed by atoms with Crippen LogP contribution < -0.4 is 9.47 Å². The van der Waals surface area contributed by atoms with Crippen LogP contribution in [0.25, 0.3) is 10.4 Å². The summed E-state index contributed by atoms with van der Waals surface area (Å²) in [6.45, 7) is 3.77. The smallest absolute Gasteiger partial charge is 0.282 e. The molecular weight excluding hydrogens is 462 g/mol. The molecule has 0 radical (unpaired) electrons. The molecule has 0 aliphatic carbocycles. The van der Waals surface area contributed by atoms with Crippen LogP contribution in [0, 0.1) is 0 Å². The zero-order valence-electron chi connectivity index (χ0n) is 18.6. The van der Waals surface area contributed by atoms with E-state index in [2.05, 4.69) is 0 Å². The Morgan fingerprint density at radius 2 is 1.45 bits per heavy atom. The number of piperazine rings is 1. The molecule has 1 amide bonds. The minimum absolute atomic E-state index is 0.0457. The average molecular weight is 492 g/mol. The van der Waals surface area contributed by atoms with Gasteiger partial charge in [-0.2, -0.15) is 17.0 Å². The predicted molar refractivity (Wildman–Crippen MR) is 127 cm³/mol. The number of fused-ring (bicyclic) bond motifs is 1. The van der Waals surface area contributed by atoms with E-state index in [1.165, 1.54) is 15.6 Å². The minimum atomic E-state index is -3.45. The first-order chi connectivity index (χ1) is 16.0. The number of amides is 1. The quantitative estimate of drug-likeness (QED) is 0.657. The molecule has 1 aromatic heterocycles. The highest BCUT2D eigenvalue weighted by molar-refractivity contribution is 7.86. The molecule has 1 aromatic carbocycles. The first-order valence-electron chi connectivity index (χ1n) is 11.6. The van der Waals surface area contributed by atoms with Gasteiger partial charge >= 0.3 is 0 Å². The van der Waals surface area contributed by atoms with Crippen LogP contribution in [0.3, 0.4) is 0 Å². The SMILES string of the molecule is O=C(c1ccc(-c2ccc3c(c2)OCCO3)s1)N1CCN(S(=O)(=O)N2CCCCCC2)CC1. The van der Waals surface area contributed by atoms with E-state index >= 15 is 0 Å². The summed E-state index contributed by atoms with van der Waals surface area (Å²) in [4.78, 5) is 16.5. The molecule has 2 fully saturated rings. The second kappa shape index (κ2) is 9.61. The van der Waals surface area contributed by atoms with Crippen molar-refractivity contribution in [1.29, 1.82) is 0 Å². The summed E-state index contributed by atoms with van der Waals surface area (Å²) in [6, 6.07) is 9.61. The molecule has 8 nitrogen and oxygen atoms in total. The van der Waals surface area contributed by atoms with Gasteiger partial charge in [0.05, 0.1) is 4.88 Å². The van der Waals surface area contributed by atoms with Gasteiger partial charge in [-0.25, -0.2) is 0 Å². The lowest BCUT2D eigenvalue weighted by atomic mass is 10.1. The van der Waals surface area contributed by atoms with Gasteiger partial charge in [0.2, 0.25) is 0 Å². The highest BCUT2D eigenvalue weighted by atomic mass is 32.2. The number of rotatable bonds is 4. The van der Waals surface area contributed by atoms with Crippen LogP contribution in [0.2, 0.25) is 0 Å². The van der Waals surface area contributed by atoms with Crippen molar-refractivity contribution in [3.05, 3.63) is 35.2 Å². The molecule has 4 heterocycles. The molecule has 3 aliphatic rings. The topological polar surface area (TPSA) is 79.4 Å². The number of ether oxygens (including phenoxy) is 2. The average Bonchev–Trinajstić information content (AvgIpc) is 3.17. The predicted octanol–water partition coefficient (Wildman–Crippen LogP) is 3.06. The number of nitrogens with zero attached hydrogens (tertiary/aromatic N) is 3. The van der Waals surface area contributed by atoms with Crippen molar-refractivity contribution in [2.24, 2.45) is 0 Å². The third-order valence-electron chi connectivity index (χ3n) is 6.39. The van der Waals surface area contributed by atoms with Gasteiger partial charge in [-0.3, -0.25) is 4.79 Å². The van der Waals surface area contributed by atoms with Gasteiger partial charge in [-0.1, -0.05) is 12.8 Å². The number of hydrogen-bond donors (Lipinski definition) is 0. The van der Waals surface area contributed by atoms with Crippen LogP contribution in [0.5, 0.6) is 11.5 Å². The fourth-order valence-corrected chi connectivity index (χ4v) is 7.16. The van der Waals surface area contributed by atoms with Gasteiger partial charge in [-0.05, 0) is 48.7 Å². The molecule has 33 heavy (non-hydrogen) atoms. The molecule has 0 spiro atoms. The van der Waals surface area contributed by atoms with E-state index in [0.29, 0.717) is 57.4 Å². The van der Waals surface area contributed by atoms with Crippen molar-refractivity contribution in [3.63, 3.8) is 0 Å². The van der Waals surface area contributed by atoms with Crippen molar-refractivity contribution in [2.45, 2.75) is 25.7 Å². The van der Waals surface area contributed by atoms with E-state index in [1.807, 2.05) is 30.3 Å². The Hall–Kier alpha value is -2.14. The number of benzene rings is 1. The van der Waals surface area contributed by atoms with Crippen molar-refractivity contribution in [3.8, 4) is 21.9 Å². The molecule has 0 N–H and O–H groups in total. The van der Waals surface area contributed by atoms with E-state index in [-0.39, 0.29) is 5.91 Å². The van der Waals surface area contributed by atoms with Crippen LogP contribution in [-0.4, -0.2) is 80.3 Å². The second-order valence-electron chi connectivity index (χ2n) is 8.53. The van der Waals surface area contributed by atoms with Gasteiger partial charge in [0, 0.05) is 44.1 Å².